The number of hydrogen-bond acceptors (Lipinski definition) is 5. The molecule has 1 N–H and O–H groups in total. The van der Waals surface area contributed by atoms with Crippen molar-refractivity contribution < 1.29 is 14.3 Å². The standard InChI is InChI=1S/C23H21ClN4O3/c1-14-19(24)5-4-6-20(14)27-23(29)17-9-16-12-26-28(22(16)25-11-17)13-15-7-8-18(30-2)10-21(15)31-3/h4-12H,13H2,1-3H3,(H,27,29). The first-order chi connectivity index (χ1) is 15.0. The Morgan fingerprint density at radius 3 is 2.74 bits per heavy atom. The summed E-state index contributed by atoms with van der Waals surface area (Å²) in [4.78, 5) is 17.2. The highest BCUT2D eigenvalue weighted by atomic mass is 35.5. The first-order valence-corrected chi connectivity index (χ1v) is 9.97. The van der Waals surface area contributed by atoms with E-state index >= 15 is 0 Å². The predicted molar refractivity (Wildman–Crippen MR) is 120 cm³/mol. The van der Waals surface area contributed by atoms with Crippen molar-refractivity contribution in [2.45, 2.75) is 13.5 Å². The SMILES string of the molecule is COc1ccc(Cn2ncc3cc(C(=O)Nc4cccc(Cl)c4C)cnc32)c(OC)c1. The molecule has 1 amide bonds. The van der Waals surface area contributed by atoms with Gasteiger partial charge in [0.25, 0.3) is 5.91 Å². The van der Waals surface area contributed by atoms with E-state index in [4.69, 9.17) is 21.1 Å². The van der Waals surface area contributed by atoms with Crippen molar-refractivity contribution in [2.75, 3.05) is 19.5 Å². The molecule has 0 unspecified atom stereocenters. The van der Waals surface area contributed by atoms with Crippen LogP contribution in [0.5, 0.6) is 11.5 Å². The second-order valence-electron chi connectivity index (χ2n) is 6.98. The number of hydrogen-bond donors (Lipinski definition) is 1. The van der Waals surface area contributed by atoms with Gasteiger partial charge in [0.2, 0.25) is 0 Å². The first kappa shape index (κ1) is 20.7. The number of carbonyl (C=O) groups excluding carboxylic acids is 1. The molecule has 4 aromatic rings. The zero-order chi connectivity index (χ0) is 22.0. The predicted octanol–water partition coefficient (Wildman–Crippen LogP) is 4.71. The molecule has 7 nitrogen and oxygen atoms in total. The average Bonchev–Trinajstić information content (AvgIpc) is 3.19. The summed E-state index contributed by atoms with van der Waals surface area (Å²) in [6, 6.07) is 12.8. The van der Waals surface area contributed by atoms with Crippen molar-refractivity contribution in [3.63, 3.8) is 0 Å². The molecule has 0 bridgehead atoms. The summed E-state index contributed by atoms with van der Waals surface area (Å²) in [5, 5.41) is 8.69. The molecular formula is C23H21ClN4O3. The minimum atomic E-state index is -0.260. The van der Waals surface area contributed by atoms with E-state index in [0.29, 0.717) is 34.2 Å². The van der Waals surface area contributed by atoms with Crippen molar-refractivity contribution in [1.82, 2.24) is 14.8 Å². The summed E-state index contributed by atoms with van der Waals surface area (Å²) < 4.78 is 12.5. The van der Waals surface area contributed by atoms with E-state index in [9.17, 15) is 4.79 Å². The van der Waals surface area contributed by atoms with Crippen LogP contribution in [0, 0.1) is 6.92 Å². The Bertz CT molecular complexity index is 1270. The number of nitrogens with one attached hydrogen (secondary N) is 1. The van der Waals surface area contributed by atoms with Gasteiger partial charge >= 0.3 is 0 Å². The number of fused-ring (bicyclic) bond motifs is 1. The maximum Gasteiger partial charge on any atom is 0.257 e. The Balaban J connectivity index is 1.58. The van der Waals surface area contributed by atoms with Crippen LogP contribution in [-0.2, 0) is 6.54 Å². The number of anilines is 1. The summed E-state index contributed by atoms with van der Waals surface area (Å²) in [6.07, 6.45) is 3.24. The van der Waals surface area contributed by atoms with Gasteiger partial charge in [0.1, 0.15) is 11.5 Å². The van der Waals surface area contributed by atoms with Gasteiger partial charge in [-0.05, 0) is 42.8 Å². The molecule has 2 heterocycles. The van der Waals surface area contributed by atoms with Crippen molar-refractivity contribution in [2.24, 2.45) is 0 Å². The monoisotopic (exact) mass is 436 g/mol. The summed E-state index contributed by atoms with van der Waals surface area (Å²) in [5.41, 5.74) is 3.53. The Hall–Kier alpha value is -3.58. The lowest BCUT2D eigenvalue weighted by Gasteiger charge is -2.11. The average molecular weight is 437 g/mol. The van der Waals surface area contributed by atoms with E-state index in [1.807, 2.05) is 31.2 Å². The van der Waals surface area contributed by atoms with Crippen LogP contribution in [0.25, 0.3) is 11.0 Å². The summed E-state index contributed by atoms with van der Waals surface area (Å²) in [5.74, 6) is 1.16. The summed E-state index contributed by atoms with van der Waals surface area (Å²) in [6.45, 7) is 2.33. The Morgan fingerprint density at radius 1 is 1.13 bits per heavy atom. The second kappa shape index (κ2) is 8.65. The summed E-state index contributed by atoms with van der Waals surface area (Å²) >= 11 is 6.14. The molecule has 158 valence electrons. The van der Waals surface area contributed by atoms with E-state index in [0.717, 1.165) is 22.3 Å². The van der Waals surface area contributed by atoms with Crippen LogP contribution < -0.4 is 14.8 Å². The fourth-order valence-corrected chi connectivity index (χ4v) is 3.47. The minimum Gasteiger partial charge on any atom is -0.497 e. The lowest BCUT2D eigenvalue weighted by Crippen LogP contribution is -2.13. The third kappa shape index (κ3) is 4.18. The number of halogens is 1. The second-order valence-corrected chi connectivity index (χ2v) is 7.39. The van der Waals surface area contributed by atoms with Gasteiger partial charge in [-0.15, -0.1) is 0 Å². The molecular weight excluding hydrogens is 416 g/mol. The number of ether oxygens (including phenoxy) is 2. The third-order valence-corrected chi connectivity index (χ3v) is 5.48. The fraction of sp³-hybridized carbons (Fsp3) is 0.174. The molecule has 0 aliphatic rings. The Morgan fingerprint density at radius 2 is 1.97 bits per heavy atom. The molecule has 0 radical (unpaired) electrons. The van der Waals surface area contributed by atoms with E-state index in [-0.39, 0.29) is 5.91 Å². The van der Waals surface area contributed by atoms with Crippen molar-refractivity contribution in [3.8, 4) is 11.5 Å². The zero-order valence-corrected chi connectivity index (χ0v) is 18.1. The maximum absolute atomic E-state index is 12.7. The number of carbonyl (C=O) groups is 1. The lowest BCUT2D eigenvalue weighted by atomic mass is 10.1. The molecule has 2 aromatic carbocycles. The normalized spacial score (nSPS) is 10.8. The Labute approximate surface area is 184 Å². The van der Waals surface area contributed by atoms with Crippen LogP contribution in [0.2, 0.25) is 5.02 Å². The molecule has 31 heavy (non-hydrogen) atoms. The number of nitrogens with zero attached hydrogens (tertiary/aromatic N) is 3. The van der Waals surface area contributed by atoms with Gasteiger partial charge < -0.3 is 14.8 Å². The van der Waals surface area contributed by atoms with Crippen molar-refractivity contribution in [3.05, 3.63) is 76.6 Å². The van der Waals surface area contributed by atoms with Gasteiger partial charge in [-0.3, -0.25) is 4.79 Å². The summed E-state index contributed by atoms with van der Waals surface area (Å²) in [7, 11) is 3.23. The van der Waals surface area contributed by atoms with Crippen LogP contribution in [0.4, 0.5) is 5.69 Å². The highest BCUT2D eigenvalue weighted by Gasteiger charge is 2.14. The highest BCUT2D eigenvalue weighted by molar-refractivity contribution is 6.31. The van der Waals surface area contributed by atoms with Gasteiger partial charge in [-0.2, -0.15) is 5.10 Å². The molecule has 0 atom stereocenters. The molecule has 0 fully saturated rings. The fourth-order valence-electron chi connectivity index (χ4n) is 3.29. The van der Waals surface area contributed by atoms with Gasteiger partial charge in [0.15, 0.2) is 5.65 Å². The van der Waals surface area contributed by atoms with Crippen LogP contribution in [0.1, 0.15) is 21.5 Å². The quantitative estimate of drug-likeness (QED) is 0.473. The smallest absolute Gasteiger partial charge is 0.257 e. The van der Waals surface area contributed by atoms with Crippen LogP contribution in [-0.4, -0.2) is 34.9 Å². The molecule has 8 heteroatoms. The van der Waals surface area contributed by atoms with E-state index < -0.39 is 0 Å². The Kier molecular flexibility index (Phi) is 5.77. The van der Waals surface area contributed by atoms with Gasteiger partial charge in [0.05, 0.1) is 32.5 Å². The first-order valence-electron chi connectivity index (χ1n) is 9.59. The van der Waals surface area contributed by atoms with Gasteiger partial charge in [-0.1, -0.05) is 17.7 Å². The van der Waals surface area contributed by atoms with Gasteiger partial charge in [0, 0.05) is 33.9 Å². The van der Waals surface area contributed by atoms with E-state index in [2.05, 4.69) is 15.4 Å². The molecule has 4 rings (SSSR count). The number of benzene rings is 2. The van der Waals surface area contributed by atoms with Crippen molar-refractivity contribution >= 4 is 34.2 Å². The molecule has 0 aliphatic carbocycles. The zero-order valence-electron chi connectivity index (χ0n) is 17.3. The molecule has 0 spiro atoms. The van der Waals surface area contributed by atoms with Crippen molar-refractivity contribution in [1.29, 1.82) is 0 Å². The maximum atomic E-state index is 12.7. The van der Waals surface area contributed by atoms with Crippen LogP contribution in [0.3, 0.4) is 0 Å². The lowest BCUT2D eigenvalue weighted by molar-refractivity contribution is 0.102. The number of methoxy groups -OCH3 is 2. The number of pyridine rings is 1. The topological polar surface area (TPSA) is 78.3 Å². The molecule has 2 aromatic heterocycles. The van der Waals surface area contributed by atoms with Gasteiger partial charge in [-0.25, -0.2) is 9.67 Å². The van der Waals surface area contributed by atoms with Crippen LogP contribution >= 0.6 is 11.6 Å². The van der Waals surface area contributed by atoms with Crippen LogP contribution in [0.15, 0.2) is 54.9 Å². The largest absolute Gasteiger partial charge is 0.497 e. The van der Waals surface area contributed by atoms with E-state index in [1.165, 1.54) is 0 Å². The molecule has 0 aliphatic heterocycles. The highest BCUT2D eigenvalue weighted by Crippen LogP contribution is 2.27. The van der Waals surface area contributed by atoms with E-state index in [1.54, 1.807) is 49.5 Å². The molecule has 0 saturated carbocycles. The number of aromatic nitrogens is 3. The molecule has 0 saturated heterocycles. The minimum absolute atomic E-state index is 0.260. The number of amides is 1. The number of rotatable bonds is 6. The third-order valence-electron chi connectivity index (χ3n) is 5.07.